The number of pyridine rings is 1. The number of hydrogen-bond acceptors (Lipinski definition) is 4. The quantitative estimate of drug-likeness (QED) is 0.909. The largest absolute Gasteiger partial charge is 0.477 e. The number of aromatic carboxylic acids is 1. The van der Waals surface area contributed by atoms with Crippen LogP contribution in [0.4, 0.5) is 10.5 Å². The SMILES string of the molecule is CC(c1cccs1)N(C)C(=O)Nc1ccc(C(=O)O)nc1. The maximum atomic E-state index is 12.1. The van der Waals surface area contributed by atoms with Crippen molar-refractivity contribution in [2.45, 2.75) is 13.0 Å². The monoisotopic (exact) mass is 305 g/mol. The van der Waals surface area contributed by atoms with Crippen LogP contribution in [0.5, 0.6) is 0 Å². The van der Waals surface area contributed by atoms with Crippen LogP contribution in [0.2, 0.25) is 0 Å². The first-order chi connectivity index (χ1) is 9.99. The van der Waals surface area contributed by atoms with Gasteiger partial charge < -0.3 is 15.3 Å². The molecule has 21 heavy (non-hydrogen) atoms. The molecule has 0 aliphatic heterocycles. The zero-order chi connectivity index (χ0) is 15.4. The van der Waals surface area contributed by atoms with E-state index in [1.54, 1.807) is 23.3 Å². The number of thiophene rings is 1. The molecular weight excluding hydrogens is 290 g/mol. The fourth-order valence-electron chi connectivity index (χ4n) is 1.70. The van der Waals surface area contributed by atoms with Crippen LogP contribution in [0, 0.1) is 0 Å². The van der Waals surface area contributed by atoms with Crippen LogP contribution in [0.3, 0.4) is 0 Å². The minimum absolute atomic E-state index is 0.0451. The summed E-state index contributed by atoms with van der Waals surface area (Å²) in [5, 5.41) is 13.4. The molecule has 0 aromatic carbocycles. The van der Waals surface area contributed by atoms with Gasteiger partial charge in [-0.25, -0.2) is 14.6 Å². The van der Waals surface area contributed by atoms with Gasteiger partial charge in [-0.1, -0.05) is 6.07 Å². The summed E-state index contributed by atoms with van der Waals surface area (Å²) in [5.41, 5.74) is 0.392. The lowest BCUT2D eigenvalue weighted by molar-refractivity contribution is 0.0690. The fraction of sp³-hybridized carbons (Fsp3) is 0.214. The smallest absolute Gasteiger partial charge is 0.354 e. The molecule has 0 aliphatic carbocycles. The summed E-state index contributed by atoms with van der Waals surface area (Å²) in [7, 11) is 1.71. The minimum Gasteiger partial charge on any atom is -0.477 e. The molecule has 2 rings (SSSR count). The first kappa shape index (κ1) is 15.0. The number of nitrogens with one attached hydrogen (secondary N) is 1. The highest BCUT2D eigenvalue weighted by Gasteiger charge is 2.18. The molecular formula is C14H15N3O3S. The van der Waals surface area contributed by atoms with Gasteiger partial charge in [-0.15, -0.1) is 11.3 Å². The highest BCUT2D eigenvalue weighted by atomic mass is 32.1. The van der Waals surface area contributed by atoms with Gasteiger partial charge in [0.05, 0.1) is 17.9 Å². The summed E-state index contributed by atoms with van der Waals surface area (Å²) < 4.78 is 0. The van der Waals surface area contributed by atoms with E-state index in [1.807, 2.05) is 24.4 Å². The zero-order valence-electron chi connectivity index (χ0n) is 11.6. The lowest BCUT2D eigenvalue weighted by Gasteiger charge is -2.24. The van der Waals surface area contributed by atoms with Crippen LogP contribution in [0.15, 0.2) is 35.8 Å². The van der Waals surface area contributed by atoms with E-state index in [-0.39, 0.29) is 17.8 Å². The van der Waals surface area contributed by atoms with Gasteiger partial charge in [0.2, 0.25) is 0 Å². The van der Waals surface area contributed by atoms with E-state index in [0.29, 0.717) is 5.69 Å². The Kier molecular flexibility index (Phi) is 4.54. The van der Waals surface area contributed by atoms with E-state index in [9.17, 15) is 9.59 Å². The van der Waals surface area contributed by atoms with Gasteiger partial charge in [-0.2, -0.15) is 0 Å². The van der Waals surface area contributed by atoms with Crippen LogP contribution >= 0.6 is 11.3 Å². The summed E-state index contributed by atoms with van der Waals surface area (Å²) in [4.78, 5) is 29.3. The molecule has 2 aromatic heterocycles. The number of anilines is 1. The number of nitrogens with zero attached hydrogens (tertiary/aromatic N) is 2. The molecule has 2 aromatic rings. The number of hydrogen-bond donors (Lipinski definition) is 2. The number of carbonyl (C=O) groups excluding carboxylic acids is 1. The van der Waals surface area contributed by atoms with E-state index < -0.39 is 5.97 Å². The first-order valence-corrected chi connectivity index (χ1v) is 7.13. The number of amides is 2. The Balaban J connectivity index is 2.02. The zero-order valence-corrected chi connectivity index (χ0v) is 12.4. The Labute approximate surface area is 126 Å². The van der Waals surface area contributed by atoms with E-state index in [0.717, 1.165) is 4.88 Å². The van der Waals surface area contributed by atoms with E-state index >= 15 is 0 Å². The molecule has 2 heterocycles. The highest BCUT2D eigenvalue weighted by Crippen LogP contribution is 2.23. The second-order valence-corrected chi connectivity index (χ2v) is 5.45. The number of rotatable bonds is 4. The molecule has 7 heteroatoms. The summed E-state index contributed by atoms with van der Waals surface area (Å²) in [5.74, 6) is -1.10. The predicted molar refractivity (Wildman–Crippen MR) is 80.7 cm³/mol. The summed E-state index contributed by atoms with van der Waals surface area (Å²) >= 11 is 1.59. The Bertz CT molecular complexity index is 625. The van der Waals surface area contributed by atoms with Gasteiger partial charge in [0.25, 0.3) is 0 Å². The standard InChI is InChI=1S/C14H15N3O3S/c1-9(12-4-3-7-21-12)17(2)14(20)16-10-5-6-11(13(18)19)15-8-10/h3-9H,1-2H3,(H,16,20)(H,18,19). The Hall–Kier alpha value is -2.41. The Morgan fingerprint density at radius 2 is 2.14 bits per heavy atom. The van der Waals surface area contributed by atoms with Crippen molar-refractivity contribution >= 4 is 29.0 Å². The average molecular weight is 305 g/mol. The van der Waals surface area contributed by atoms with Crippen molar-refractivity contribution in [1.82, 2.24) is 9.88 Å². The summed E-state index contributed by atoms with van der Waals surface area (Å²) in [6.07, 6.45) is 1.32. The maximum Gasteiger partial charge on any atom is 0.354 e. The molecule has 0 spiro atoms. The molecule has 2 amide bonds. The molecule has 110 valence electrons. The van der Waals surface area contributed by atoms with Crippen molar-refractivity contribution in [2.75, 3.05) is 12.4 Å². The van der Waals surface area contributed by atoms with Crippen LogP contribution in [0.1, 0.15) is 28.3 Å². The lowest BCUT2D eigenvalue weighted by Crippen LogP contribution is -2.33. The fourth-order valence-corrected chi connectivity index (χ4v) is 2.53. The molecule has 0 fully saturated rings. The topological polar surface area (TPSA) is 82.5 Å². The molecule has 1 atom stereocenters. The number of carboxylic acid groups (broad SMARTS) is 1. The van der Waals surface area contributed by atoms with Crippen molar-refractivity contribution in [3.63, 3.8) is 0 Å². The molecule has 0 saturated carbocycles. The number of aromatic nitrogens is 1. The van der Waals surface area contributed by atoms with Crippen molar-refractivity contribution in [2.24, 2.45) is 0 Å². The predicted octanol–water partition coefficient (Wildman–Crippen LogP) is 3.07. The molecule has 0 bridgehead atoms. The first-order valence-electron chi connectivity index (χ1n) is 6.25. The van der Waals surface area contributed by atoms with Crippen molar-refractivity contribution in [3.05, 3.63) is 46.4 Å². The summed E-state index contributed by atoms with van der Waals surface area (Å²) in [6.45, 7) is 1.94. The number of carboxylic acids is 1. The molecule has 1 unspecified atom stereocenters. The van der Waals surface area contributed by atoms with Gasteiger partial charge >= 0.3 is 12.0 Å². The van der Waals surface area contributed by atoms with Crippen molar-refractivity contribution in [1.29, 1.82) is 0 Å². The van der Waals surface area contributed by atoms with E-state index in [4.69, 9.17) is 5.11 Å². The molecule has 2 N–H and O–H groups in total. The maximum absolute atomic E-state index is 12.1. The summed E-state index contributed by atoms with van der Waals surface area (Å²) in [6, 6.07) is 6.45. The van der Waals surface area contributed by atoms with E-state index in [2.05, 4.69) is 10.3 Å². The second-order valence-electron chi connectivity index (χ2n) is 4.47. The third kappa shape index (κ3) is 3.57. The van der Waals surface area contributed by atoms with Crippen molar-refractivity contribution < 1.29 is 14.7 Å². The average Bonchev–Trinajstić information content (AvgIpc) is 3.00. The third-order valence-corrected chi connectivity index (χ3v) is 4.13. The molecule has 6 nitrogen and oxygen atoms in total. The van der Waals surface area contributed by atoms with Crippen LogP contribution in [0.25, 0.3) is 0 Å². The van der Waals surface area contributed by atoms with Gasteiger partial charge in [0.1, 0.15) is 5.69 Å². The van der Waals surface area contributed by atoms with Crippen molar-refractivity contribution in [3.8, 4) is 0 Å². The van der Waals surface area contributed by atoms with Gasteiger partial charge in [0, 0.05) is 11.9 Å². The van der Waals surface area contributed by atoms with Gasteiger partial charge in [-0.3, -0.25) is 0 Å². The molecule has 0 radical (unpaired) electrons. The Morgan fingerprint density at radius 3 is 2.67 bits per heavy atom. The number of urea groups is 1. The van der Waals surface area contributed by atoms with E-state index in [1.165, 1.54) is 18.3 Å². The second kappa shape index (κ2) is 6.36. The normalized spacial score (nSPS) is 11.7. The van der Waals surface area contributed by atoms with Crippen LogP contribution in [-0.2, 0) is 0 Å². The van der Waals surface area contributed by atoms with Crippen LogP contribution < -0.4 is 5.32 Å². The van der Waals surface area contributed by atoms with Gasteiger partial charge in [-0.05, 0) is 30.5 Å². The molecule has 0 saturated heterocycles. The Morgan fingerprint density at radius 1 is 1.38 bits per heavy atom. The lowest BCUT2D eigenvalue weighted by atomic mass is 10.2. The van der Waals surface area contributed by atoms with Gasteiger partial charge in [0.15, 0.2) is 0 Å². The minimum atomic E-state index is -1.10. The van der Waals surface area contributed by atoms with Crippen LogP contribution in [-0.4, -0.2) is 34.0 Å². The number of carbonyl (C=O) groups is 2. The highest BCUT2D eigenvalue weighted by molar-refractivity contribution is 7.10. The molecule has 0 aliphatic rings. The third-order valence-electron chi connectivity index (χ3n) is 3.09.